The Balaban J connectivity index is 1.69. The van der Waals surface area contributed by atoms with E-state index >= 15 is 0 Å². The number of anilines is 2. The van der Waals surface area contributed by atoms with Crippen molar-refractivity contribution in [2.45, 2.75) is 25.1 Å². The summed E-state index contributed by atoms with van der Waals surface area (Å²) in [6, 6.07) is 18.9. The standard InChI is InChI=1S/C32H28F3N5O3/c1-4-26(41)38(3)25-17-10-9-16-23(25)27-24-19-36-40(22-14-7-6-8-15-22)30(24)39(5-2)31(43)28(27)37-29(42)20-12-11-13-21(18-20)32(33,34)35/h4,6-19,27-28H,1,5H2,2-3H3,(H,37,42)/t27-,28+/m0/s1. The van der Waals surface area contributed by atoms with E-state index in [1.807, 2.05) is 30.3 Å². The normalized spacial score (nSPS) is 16.4. The van der Waals surface area contributed by atoms with Gasteiger partial charge in [0.15, 0.2) is 0 Å². The smallest absolute Gasteiger partial charge is 0.339 e. The van der Waals surface area contributed by atoms with Crippen LogP contribution in [0, 0.1) is 0 Å². The number of hydrogen-bond donors (Lipinski definition) is 1. The fraction of sp³-hybridized carbons (Fsp3) is 0.188. The van der Waals surface area contributed by atoms with E-state index in [1.54, 1.807) is 49.1 Å². The van der Waals surface area contributed by atoms with Crippen LogP contribution in [0.3, 0.4) is 0 Å². The summed E-state index contributed by atoms with van der Waals surface area (Å²) in [6.45, 7) is 5.57. The molecule has 0 fully saturated rings. The molecule has 4 aromatic rings. The number of nitrogens with one attached hydrogen (secondary N) is 1. The Morgan fingerprint density at radius 1 is 1.02 bits per heavy atom. The number of amides is 3. The van der Waals surface area contributed by atoms with E-state index < -0.39 is 41.4 Å². The third-order valence-electron chi connectivity index (χ3n) is 7.42. The molecule has 1 aliphatic rings. The van der Waals surface area contributed by atoms with Gasteiger partial charge in [0.05, 0.1) is 17.4 Å². The molecule has 0 saturated heterocycles. The lowest BCUT2D eigenvalue weighted by molar-refractivity contribution is -0.137. The average molecular weight is 588 g/mol. The Kier molecular flexibility index (Phi) is 7.90. The van der Waals surface area contributed by atoms with Gasteiger partial charge in [-0.3, -0.25) is 19.3 Å². The van der Waals surface area contributed by atoms with Crippen LogP contribution in [-0.2, 0) is 15.8 Å². The van der Waals surface area contributed by atoms with E-state index in [0.717, 1.165) is 24.3 Å². The predicted octanol–water partition coefficient (Wildman–Crippen LogP) is 5.34. The minimum atomic E-state index is -4.65. The van der Waals surface area contributed by atoms with Crippen molar-refractivity contribution in [2.75, 3.05) is 23.4 Å². The molecule has 0 saturated carbocycles. The number of halogens is 3. The maximum atomic E-state index is 14.2. The van der Waals surface area contributed by atoms with Crippen molar-refractivity contribution < 1.29 is 27.6 Å². The van der Waals surface area contributed by atoms with E-state index in [4.69, 9.17) is 0 Å². The summed E-state index contributed by atoms with van der Waals surface area (Å²) in [5.74, 6) is -2.09. The van der Waals surface area contributed by atoms with Gasteiger partial charge in [-0.1, -0.05) is 49.0 Å². The van der Waals surface area contributed by atoms with Crippen LogP contribution in [0.2, 0.25) is 0 Å². The molecule has 5 rings (SSSR count). The number of rotatable bonds is 7. The van der Waals surface area contributed by atoms with Gasteiger partial charge in [0.1, 0.15) is 11.9 Å². The maximum absolute atomic E-state index is 14.2. The Morgan fingerprint density at radius 2 is 1.72 bits per heavy atom. The first-order valence-corrected chi connectivity index (χ1v) is 13.5. The van der Waals surface area contributed by atoms with Gasteiger partial charge < -0.3 is 10.2 Å². The van der Waals surface area contributed by atoms with Gasteiger partial charge in [0.25, 0.3) is 11.8 Å². The SMILES string of the molecule is C=CC(=O)N(C)c1ccccc1[C@H]1c2cnn(-c3ccccc3)c2N(CC)C(=O)[C@@H]1NC(=O)c1cccc(C(F)(F)F)c1. The lowest BCUT2D eigenvalue weighted by atomic mass is 9.81. The number of para-hydroxylation sites is 2. The molecule has 2 atom stereocenters. The molecule has 1 aromatic heterocycles. The van der Waals surface area contributed by atoms with Gasteiger partial charge in [-0.05, 0) is 55.0 Å². The molecule has 0 unspecified atom stereocenters. The van der Waals surface area contributed by atoms with Crippen LogP contribution in [0.25, 0.3) is 5.69 Å². The lowest BCUT2D eigenvalue weighted by Gasteiger charge is -2.39. The third kappa shape index (κ3) is 5.41. The van der Waals surface area contributed by atoms with Crippen molar-refractivity contribution in [1.29, 1.82) is 0 Å². The highest BCUT2D eigenvalue weighted by atomic mass is 19.4. The molecular formula is C32H28F3N5O3. The zero-order valence-electron chi connectivity index (χ0n) is 23.4. The predicted molar refractivity (Wildman–Crippen MR) is 156 cm³/mol. The van der Waals surface area contributed by atoms with E-state index in [0.29, 0.717) is 28.3 Å². The highest BCUT2D eigenvalue weighted by molar-refractivity contribution is 6.06. The van der Waals surface area contributed by atoms with Crippen molar-refractivity contribution in [3.05, 3.63) is 120 Å². The Morgan fingerprint density at radius 3 is 2.40 bits per heavy atom. The second-order valence-electron chi connectivity index (χ2n) is 9.92. The van der Waals surface area contributed by atoms with Crippen LogP contribution >= 0.6 is 0 Å². The number of fused-ring (bicyclic) bond motifs is 1. The fourth-order valence-electron chi connectivity index (χ4n) is 5.37. The first kappa shape index (κ1) is 29.3. The summed E-state index contributed by atoms with van der Waals surface area (Å²) in [6.07, 6.45) is -1.88. The molecule has 0 radical (unpaired) electrons. The molecule has 0 bridgehead atoms. The van der Waals surface area contributed by atoms with Gasteiger partial charge in [0, 0.05) is 36.3 Å². The van der Waals surface area contributed by atoms with Crippen LogP contribution in [-0.4, -0.2) is 47.1 Å². The molecule has 2 heterocycles. The van der Waals surface area contributed by atoms with Gasteiger partial charge in [-0.25, -0.2) is 4.68 Å². The molecule has 8 nitrogen and oxygen atoms in total. The maximum Gasteiger partial charge on any atom is 0.416 e. The summed E-state index contributed by atoms with van der Waals surface area (Å²) < 4.78 is 41.9. The van der Waals surface area contributed by atoms with Gasteiger partial charge in [-0.15, -0.1) is 0 Å². The highest BCUT2D eigenvalue weighted by Gasteiger charge is 2.45. The molecule has 1 N–H and O–H groups in total. The number of carbonyl (C=O) groups excluding carboxylic acids is 3. The van der Waals surface area contributed by atoms with Crippen LogP contribution in [0.1, 0.15) is 39.9 Å². The largest absolute Gasteiger partial charge is 0.416 e. The summed E-state index contributed by atoms with van der Waals surface area (Å²) in [7, 11) is 1.57. The van der Waals surface area contributed by atoms with Gasteiger partial charge in [0.2, 0.25) is 5.91 Å². The number of alkyl halides is 3. The number of aromatic nitrogens is 2. The number of benzene rings is 3. The van der Waals surface area contributed by atoms with E-state index in [1.165, 1.54) is 15.9 Å². The number of hydrogen-bond acceptors (Lipinski definition) is 4. The van der Waals surface area contributed by atoms with Crippen molar-refractivity contribution in [3.63, 3.8) is 0 Å². The summed E-state index contributed by atoms with van der Waals surface area (Å²) in [4.78, 5) is 43.2. The molecule has 0 spiro atoms. The molecule has 3 amide bonds. The minimum Gasteiger partial charge on any atom is -0.339 e. The van der Waals surface area contributed by atoms with Crippen molar-refractivity contribution in [1.82, 2.24) is 15.1 Å². The lowest BCUT2D eigenvalue weighted by Crippen LogP contribution is -2.55. The Hall–Kier alpha value is -5.19. The number of nitrogens with zero attached hydrogens (tertiary/aromatic N) is 4. The van der Waals surface area contributed by atoms with Crippen LogP contribution in [0.15, 0.2) is 97.7 Å². The van der Waals surface area contributed by atoms with Crippen molar-refractivity contribution >= 4 is 29.2 Å². The van der Waals surface area contributed by atoms with Gasteiger partial charge >= 0.3 is 6.18 Å². The zero-order chi connectivity index (χ0) is 30.9. The molecule has 11 heteroatoms. The zero-order valence-corrected chi connectivity index (χ0v) is 23.4. The second kappa shape index (κ2) is 11.6. The summed E-state index contributed by atoms with van der Waals surface area (Å²) in [5.41, 5.74) is 1.06. The highest BCUT2D eigenvalue weighted by Crippen LogP contribution is 2.44. The van der Waals surface area contributed by atoms with Crippen molar-refractivity contribution in [2.24, 2.45) is 0 Å². The van der Waals surface area contributed by atoms with E-state index in [9.17, 15) is 27.6 Å². The topological polar surface area (TPSA) is 87.5 Å². The minimum absolute atomic E-state index is 0.226. The van der Waals surface area contributed by atoms with E-state index in [2.05, 4.69) is 17.0 Å². The van der Waals surface area contributed by atoms with Crippen molar-refractivity contribution in [3.8, 4) is 5.69 Å². The summed E-state index contributed by atoms with van der Waals surface area (Å²) in [5, 5.41) is 7.32. The first-order valence-electron chi connectivity index (χ1n) is 13.5. The number of likely N-dealkylation sites (N-methyl/N-ethyl adjacent to an activating group) is 2. The molecular weight excluding hydrogens is 559 g/mol. The summed E-state index contributed by atoms with van der Waals surface area (Å²) >= 11 is 0. The molecule has 43 heavy (non-hydrogen) atoms. The van der Waals surface area contributed by atoms with Gasteiger partial charge in [-0.2, -0.15) is 18.3 Å². The monoisotopic (exact) mass is 587 g/mol. The van der Waals surface area contributed by atoms with Crippen LogP contribution < -0.4 is 15.1 Å². The molecule has 3 aromatic carbocycles. The quantitative estimate of drug-likeness (QED) is 0.296. The van der Waals surface area contributed by atoms with E-state index in [-0.39, 0.29) is 12.1 Å². The molecule has 0 aliphatic carbocycles. The first-order chi connectivity index (χ1) is 20.6. The average Bonchev–Trinajstić information content (AvgIpc) is 3.45. The fourth-order valence-corrected chi connectivity index (χ4v) is 5.37. The second-order valence-corrected chi connectivity index (χ2v) is 9.92. The van der Waals surface area contributed by atoms with Crippen LogP contribution in [0.4, 0.5) is 24.7 Å². The molecule has 220 valence electrons. The molecule has 1 aliphatic heterocycles. The van der Waals surface area contributed by atoms with Crippen LogP contribution in [0.5, 0.6) is 0 Å². The Labute approximate surface area is 246 Å². The third-order valence-corrected chi connectivity index (χ3v) is 7.42. The number of carbonyl (C=O) groups is 3. The Bertz CT molecular complexity index is 1700.